The fourth-order valence-electron chi connectivity index (χ4n) is 3.33. The van der Waals surface area contributed by atoms with Crippen LogP contribution in [-0.4, -0.2) is 11.1 Å². The highest BCUT2D eigenvalue weighted by Gasteiger charge is 2.49. The molecule has 4 rings (SSSR count). The molecule has 1 saturated carbocycles. The summed E-state index contributed by atoms with van der Waals surface area (Å²) in [6.07, 6.45) is 2.72. The van der Waals surface area contributed by atoms with Gasteiger partial charge in [-0.3, -0.25) is 0 Å². The van der Waals surface area contributed by atoms with Crippen LogP contribution in [0.3, 0.4) is 0 Å². The minimum atomic E-state index is 0.481. The van der Waals surface area contributed by atoms with Crippen LogP contribution in [-0.2, 0) is 19.0 Å². The van der Waals surface area contributed by atoms with Crippen LogP contribution in [0.25, 0.3) is 10.9 Å². The SMILES string of the molecule is CC.Cn1c2c(c3ccccc31)C1(CC1)CNC2. The number of hydrogen-bond acceptors (Lipinski definition) is 1. The van der Waals surface area contributed by atoms with Crippen molar-refractivity contribution in [2.45, 2.75) is 38.6 Å². The molecule has 2 heterocycles. The Morgan fingerprint density at radius 1 is 1.17 bits per heavy atom. The van der Waals surface area contributed by atoms with E-state index in [9.17, 15) is 0 Å². The molecule has 0 atom stereocenters. The van der Waals surface area contributed by atoms with E-state index in [1.54, 1.807) is 5.56 Å². The Kier molecular flexibility index (Phi) is 2.70. The van der Waals surface area contributed by atoms with Crippen molar-refractivity contribution in [3.05, 3.63) is 35.5 Å². The summed E-state index contributed by atoms with van der Waals surface area (Å²) < 4.78 is 2.37. The van der Waals surface area contributed by atoms with E-state index in [1.807, 2.05) is 13.8 Å². The summed E-state index contributed by atoms with van der Waals surface area (Å²) in [6.45, 7) is 6.20. The molecule has 0 amide bonds. The first-order chi connectivity index (χ1) is 8.82. The number of fused-ring (bicyclic) bond motifs is 4. The van der Waals surface area contributed by atoms with E-state index in [2.05, 4.69) is 41.2 Å². The zero-order valence-electron chi connectivity index (χ0n) is 11.6. The maximum Gasteiger partial charge on any atom is 0.0483 e. The van der Waals surface area contributed by atoms with Crippen molar-refractivity contribution in [2.75, 3.05) is 6.54 Å². The molecule has 1 aromatic heterocycles. The molecule has 1 aliphatic heterocycles. The minimum absolute atomic E-state index is 0.481. The molecule has 1 spiro atoms. The van der Waals surface area contributed by atoms with Crippen molar-refractivity contribution in [3.63, 3.8) is 0 Å². The van der Waals surface area contributed by atoms with E-state index in [-0.39, 0.29) is 0 Å². The second-order valence-electron chi connectivity index (χ2n) is 5.28. The first kappa shape index (κ1) is 11.8. The van der Waals surface area contributed by atoms with Crippen molar-refractivity contribution in [1.82, 2.24) is 9.88 Å². The Hall–Kier alpha value is -1.28. The number of nitrogens with one attached hydrogen (secondary N) is 1. The number of aryl methyl sites for hydroxylation is 1. The zero-order chi connectivity index (χ0) is 12.8. The fourth-order valence-corrected chi connectivity index (χ4v) is 3.33. The Morgan fingerprint density at radius 3 is 2.61 bits per heavy atom. The largest absolute Gasteiger partial charge is 0.346 e. The van der Waals surface area contributed by atoms with Gasteiger partial charge in [0.05, 0.1) is 0 Å². The molecule has 2 aromatic rings. The fraction of sp³-hybridized carbons (Fsp3) is 0.500. The van der Waals surface area contributed by atoms with E-state index >= 15 is 0 Å². The summed E-state index contributed by atoms with van der Waals surface area (Å²) in [5.41, 5.74) is 5.02. The molecule has 1 fully saturated rings. The van der Waals surface area contributed by atoms with Crippen LogP contribution in [0.4, 0.5) is 0 Å². The van der Waals surface area contributed by atoms with Gasteiger partial charge < -0.3 is 9.88 Å². The van der Waals surface area contributed by atoms with Crippen molar-refractivity contribution in [2.24, 2.45) is 7.05 Å². The number of benzene rings is 1. The summed E-state index contributed by atoms with van der Waals surface area (Å²) >= 11 is 0. The maximum atomic E-state index is 3.57. The van der Waals surface area contributed by atoms with E-state index < -0.39 is 0 Å². The van der Waals surface area contributed by atoms with Crippen molar-refractivity contribution in [1.29, 1.82) is 0 Å². The molecule has 0 saturated heterocycles. The highest BCUT2D eigenvalue weighted by molar-refractivity contribution is 5.87. The van der Waals surface area contributed by atoms with Gasteiger partial charge in [-0.15, -0.1) is 0 Å². The predicted molar refractivity (Wildman–Crippen MR) is 76.9 cm³/mol. The highest BCUT2D eigenvalue weighted by Crippen LogP contribution is 2.53. The summed E-state index contributed by atoms with van der Waals surface area (Å²) in [6, 6.07) is 8.84. The molecule has 2 nitrogen and oxygen atoms in total. The molecule has 1 aromatic carbocycles. The van der Waals surface area contributed by atoms with E-state index in [0.29, 0.717) is 5.41 Å². The second-order valence-corrected chi connectivity index (χ2v) is 5.28. The monoisotopic (exact) mass is 242 g/mol. The Morgan fingerprint density at radius 2 is 1.89 bits per heavy atom. The molecule has 0 radical (unpaired) electrons. The van der Waals surface area contributed by atoms with Crippen LogP contribution < -0.4 is 5.32 Å². The van der Waals surface area contributed by atoms with Gasteiger partial charge in [0, 0.05) is 42.1 Å². The quantitative estimate of drug-likeness (QED) is 0.749. The molecule has 2 aliphatic rings. The van der Waals surface area contributed by atoms with Crippen LogP contribution in [0.15, 0.2) is 24.3 Å². The van der Waals surface area contributed by atoms with Crippen LogP contribution in [0.2, 0.25) is 0 Å². The third-order valence-electron chi connectivity index (χ3n) is 4.37. The average Bonchev–Trinajstić information content (AvgIpc) is 3.13. The Labute approximate surface area is 109 Å². The lowest BCUT2D eigenvalue weighted by molar-refractivity contribution is 0.518. The van der Waals surface area contributed by atoms with E-state index in [4.69, 9.17) is 0 Å². The molecule has 1 N–H and O–H groups in total. The number of rotatable bonds is 0. The van der Waals surface area contributed by atoms with Gasteiger partial charge in [0.25, 0.3) is 0 Å². The summed E-state index contributed by atoms with van der Waals surface area (Å²) in [7, 11) is 2.20. The Balaban J connectivity index is 0.000000478. The van der Waals surface area contributed by atoms with Gasteiger partial charge in [-0.05, 0) is 24.5 Å². The molecule has 1 aliphatic carbocycles. The number of para-hydroxylation sites is 1. The number of aromatic nitrogens is 1. The van der Waals surface area contributed by atoms with E-state index in [0.717, 1.165) is 6.54 Å². The zero-order valence-corrected chi connectivity index (χ0v) is 11.6. The van der Waals surface area contributed by atoms with E-state index in [1.165, 1.54) is 36.0 Å². The minimum Gasteiger partial charge on any atom is -0.346 e. The van der Waals surface area contributed by atoms with Gasteiger partial charge in [-0.2, -0.15) is 0 Å². The maximum absolute atomic E-state index is 3.57. The van der Waals surface area contributed by atoms with Gasteiger partial charge in [0.2, 0.25) is 0 Å². The summed E-state index contributed by atoms with van der Waals surface area (Å²) in [5, 5.41) is 5.06. The van der Waals surface area contributed by atoms with Crippen molar-refractivity contribution < 1.29 is 0 Å². The molecule has 18 heavy (non-hydrogen) atoms. The van der Waals surface area contributed by atoms with Crippen molar-refractivity contribution in [3.8, 4) is 0 Å². The normalized spacial score (nSPS) is 19.3. The Bertz CT molecular complexity index is 576. The third kappa shape index (κ3) is 1.45. The summed E-state index contributed by atoms with van der Waals surface area (Å²) in [5.74, 6) is 0. The van der Waals surface area contributed by atoms with Crippen LogP contribution in [0.5, 0.6) is 0 Å². The lowest BCUT2D eigenvalue weighted by atomic mass is 9.90. The predicted octanol–water partition coefficient (Wildman–Crippen LogP) is 3.34. The molecular weight excluding hydrogens is 220 g/mol. The molecule has 2 heteroatoms. The lowest BCUT2D eigenvalue weighted by Gasteiger charge is -2.24. The second kappa shape index (κ2) is 4.13. The van der Waals surface area contributed by atoms with Crippen LogP contribution in [0.1, 0.15) is 37.9 Å². The smallest absolute Gasteiger partial charge is 0.0483 e. The third-order valence-corrected chi connectivity index (χ3v) is 4.37. The first-order valence-electron chi connectivity index (χ1n) is 7.09. The molecule has 0 unspecified atom stereocenters. The van der Waals surface area contributed by atoms with Crippen molar-refractivity contribution >= 4 is 10.9 Å². The average molecular weight is 242 g/mol. The lowest BCUT2D eigenvalue weighted by Crippen LogP contribution is -2.33. The highest BCUT2D eigenvalue weighted by atomic mass is 15.0. The van der Waals surface area contributed by atoms with Gasteiger partial charge in [-0.25, -0.2) is 0 Å². The molecule has 0 bridgehead atoms. The van der Waals surface area contributed by atoms with Crippen LogP contribution in [0, 0.1) is 0 Å². The van der Waals surface area contributed by atoms with Gasteiger partial charge in [0.1, 0.15) is 0 Å². The number of hydrogen-bond donors (Lipinski definition) is 1. The van der Waals surface area contributed by atoms with Gasteiger partial charge in [0.15, 0.2) is 0 Å². The van der Waals surface area contributed by atoms with Crippen LogP contribution >= 0.6 is 0 Å². The number of nitrogens with zero attached hydrogens (tertiary/aromatic N) is 1. The molecular formula is C16H22N2. The topological polar surface area (TPSA) is 17.0 Å². The standard InChI is InChI=1S/C14H16N2.C2H6/c1-16-11-5-3-2-4-10(11)13-12(16)8-15-9-14(13)6-7-14;1-2/h2-5,15H,6-9H2,1H3;1-2H3. The summed E-state index contributed by atoms with van der Waals surface area (Å²) in [4.78, 5) is 0. The first-order valence-corrected chi connectivity index (χ1v) is 7.09. The van der Waals surface area contributed by atoms with Gasteiger partial charge in [-0.1, -0.05) is 32.0 Å². The van der Waals surface area contributed by atoms with Gasteiger partial charge >= 0.3 is 0 Å². The molecule has 96 valence electrons.